The molecule has 10 nitrogen and oxygen atoms in total. The Hall–Kier alpha value is -3.91. The third-order valence-corrected chi connectivity index (χ3v) is 7.18. The second-order valence-corrected chi connectivity index (χ2v) is 10.1. The Bertz CT molecular complexity index is 1200. The van der Waals surface area contributed by atoms with Gasteiger partial charge in [-0.05, 0) is 37.4 Å². The maximum Gasteiger partial charge on any atom is 0.334 e. The predicted octanol–water partition coefficient (Wildman–Crippen LogP) is 1.69. The average molecular weight is 547 g/mol. The number of piperazine rings is 1. The Kier molecular flexibility index (Phi) is 10.1. The van der Waals surface area contributed by atoms with Crippen LogP contribution in [0.15, 0.2) is 54.6 Å². The van der Waals surface area contributed by atoms with Crippen molar-refractivity contribution in [2.75, 3.05) is 39.3 Å². The number of rotatable bonds is 11. The van der Waals surface area contributed by atoms with Gasteiger partial charge in [0.25, 0.3) is 0 Å². The number of carbonyl (C=O) groups excluding carboxylic acids is 3. The highest BCUT2D eigenvalue weighted by molar-refractivity contribution is 5.91. The first-order valence-electron chi connectivity index (χ1n) is 13.7. The second kappa shape index (κ2) is 13.9. The molecule has 3 N–H and O–H groups in total. The first-order valence-corrected chi connectivity index (χ1v) is 13.7. The van der Waals surface area contributed by atoms with Crippen LogP contribution < -0.4 is 11.1 Å². The molecule has 10 heteroatoms. The predicted molar refractivity (Wildman–Crippen MR) is 151 cm³/mol. The zero-order chi connectivity index (χ0) is 28.5. The zero-order valence-electron chi connectivity index (χ0n) is 23.0. The van der Waals surface area contributed by atoms with Crippen LogP contribution in [0.25, 0.3) is 0 Å². The second-order valence-electron chi connectivity index (χ2n) is 10.1. The quantitative estimate of drug-likeness (QED) is 0.328. The van der Waals surface area contributed by atoms with Crippen LogP contribution in [0.5, 0.6) is 0 Å². The van der Waals surface area contributed by atoms with Gasteiger partial charge in [-0.2, -0.15) is 5.01 Å². The van der Waals surface area contributed by atoms with Crippen molar-refractivity contribution in [3.63, 3.8) is 0 Å². The summed E-state index contributed by atoms with van der Waals surface area (Å²) in [5.74, 6) is 2.16. The van der Waals surface area contributed by atoms with Gasteiger partial charge in [0.15, 0.2) is 0 Å². The molecule has 2 heterocycles. The van der Waals surface area contributed by atoms with Crippen molar-refractivity contribution in [3.8, 4) is 12.3 Å². The molecule has 2 atom stereocenters. The van der Waals surface area contributed by atoms with Gasteiger partial charge in [0.05, 0.1) is 32.8 Å². The topological polar surface area (TPSA) is 111 Å². The Morgan fingerprint density at radius 2 is 1.88 bits per heavy atom. The van der Waals surface area contributed by atoms with Crippen LogP contribution in [-0.4, -0.2) is 89.2 Å². The standard InChI is InChI=1S/C30H38N6O4/c1-3-16-34-21-28(37)35-26(10-7-15-31)29(38)33(17-18-40-22-25-13-11-23(2)12-14-25)20-27(35)36(34)30(39)32-19-24-8-5-4-6-9-24/h1,4-6,8-9,11-14,26-27H,7,10,15-22,31H2,2H3,(H,32,39)/t26-,27-/m0/s1. The monoisotopic (exact) mass is 546 g/mol. The third-order valence-electron chi connectivity index (χ3n) is 7.18. The van der Waals surface area contributed by atoms with Gasteiger partial charge in [-0.15, -0.1) is 6.42 Å². The van der Waals surface area contributed by atoms with E-state index in [-0.39, 0.29) is 37.5 Å². The molecule has 2 aliphatic rings. The first-order chi connectivity index (χ1) is 19.4. The van der Waals surface area contributed by atoms with Crippen molar-refractivity contribution >= 4 is 17.8 Å². The maximum atomic E-state index is 13.6. The number of nitrogens with zero attached hydrogens (tertiary/aromatic N) is 4. The normalized spacial score (nSPS) is 19.4. The van der Waals surface area contributed by atoms with E-state index in [0.717, 1.165) is 11.1 Å². The lowest BCUT2D eigenvalue weighted by atomic mass is 10.0. The maximum absolute atomic E-state index is 13.6. The van der Waals surface area contributed by atoms with Crippen molar-refractivity contribution in [1.82, 2.24) is 25.1 Å². The van der Waals surface area contributed by atoms with Crippen molar-refractivity contribution in [2.45, 2.75) is 45.1 Å². The van der Waals surface area contributed by atoms with E-state index >= 15 is 0 Å². The number of urea groups is 1. The number of fused-ring (bicyclic) bond motifs is 1. The summed E-state index contributed by atoms with van der Waals surface area (Å²) in [6.45, 7) is 3.95. The molecule has 212 valence electrons. The Morgan fingerprint density at radius 1 is 1.12 bits per heavy atom. The number of hydrazine groups is 1. The number of carbonyl (C=O) groups is 3. The number of aryl methyl sites for hydroxylation is 1. The molecule has 4 amide bonds. The average Bonchev–Trinajstić information content (AvgIpc) is 2.96. The lowest BCUT2D eigenvalue weighted by molar-refractivity contribution is -0.189. The molecular formula is C30H38N6O4. The van der Waals surface area contributed by atoms with Crippen LogP contribution in [0.2, 0.25) is 0 Å². The molecule has 0 aliphatic carbocycles. The van der Waals surface area contributed by atoms with E-state index < -0.39 is 12.2 Å². The van der Waals surface area contributed by atoms with E-state index in [9.17, 15) is 14.4 Å². The van der Waals surface area contributed by atoms with Gasteiger partial charge in [0.1, 0.15) is 12.2 Å². The number of ether oxygens (including phenoxy) is 1. The Balaban J connectivity index is 1.51. The number of benzene rings is 2. The molecule has 0 unspecified atom stereocenters. The van der Waals surface area contributed by atoms with E-state index in [0.29, 0.717) is 45.7 Å². The first kappa shape index (κ1) is 29.1. The molecule has 4 rings (SSSR count). The summed E-state index contributed by atoms with van der Waals surface area (Å²) in [7, 11) is 0. The van der Waals surface area contributed by atoms with E-state index in [1.165, 1.54) is 10.6 Å². The van der Waals surface area contributed by atoms with Crippen molar-refractivity contribution in [2.24, 2.45) is 5.73 Å². The fourth-order valence-electron chi connectivity index (χ4n) is 5.13. The van der Waals surface area contributed by atoms with Crippen LogP contribution >= 0.6 is 0 Å². The van der Waals surface area contributed by atoms with Crippen LogP contribution in [0.1, 0.15) is 29.5 Å². The van der Waals surface area contributed by atoms with Gasteiger partial charge in [-0.25, -0.2) is 9.80 Å². The minimum Gasteiger partial charge on any atom is -0.375 e. The zero-order valence-corrected chi connectivity index (χ0v) is 23.0. The van der Waals surface area contributed by atoms with Crippen LogP contribution in [0.3, 0.4) is 0 Å². The Labute approximate surface area is 236 Å². The van der Waals surface area contributed by atoms with E-state index in [4.69, 9.17) is 16.9 Å². The van der Waals surface area contributed by atoms with Crippen molar-refractivity contribution < 1.29 is 19.1 Å². The minimum absolute atomic E-state index is 0.0793. The summed E-state index contributed by atoms with van der Waals surface area (Å²) in [6, 6.07) is 16.6. The molecule has 0 radical (unpaired) electrons. The van der Waals surface area contributed by atoms with Gasteiger partial charge in [0.2, 0.25) is 11.8 Å². The summed E-state index contributed by atoms with van der Waals surface area (Å²) in [6.07, 6.45) is 5.88. The van der Waals surface area contributed by atoms with Crippen LogP contribution in [0.4, 0.5) is 4.79 Å². The number of nitrogens with one attached hydrogen (secondary N) is 1. The Morgan fingerprint density at radius 3 is 2.58 bits per heavy atom. The summed E-state index contributed by atoms with van der Waals surface area (Å²) in [4.78, 5) is 43.8. The molecule has 2 saturated heterocycles. The summed E-state index contributed by atoms with van der Waals surface area (Å²) < 4.78 is 5.88. The van der Waals surface area contributed by atoms with Gasteiger partial charge < -0.3 is 25.6 Å². The SMILES string of the molecule is C#CCN1CC(=O)N2[C@@H](CCCN)C(=O)N(CCOCc3ccc(C)cc3)C[C@@H]2N1C(=O)NCc1ccccc1. The van der Waals surface area contributed by atoms with Gasteiger partial charge in [-0.3, -0.25) is 9.59 Å². The number of amides is 4. The van der Waals surface area contributed by atoms with Crippen LogP contribution in [-0.2, 0) is 27.5 Å². The lowest BCUT2D eigenvalue weighted by Gasteiger charge is -2.55. The number of terminal acetylenes is 1. The van der Waals surface area contributed by atoms with E-state index in [1.807, 2.05) is 61.5 Å². The highest BCUT2D eigenvalue weighted by Gasteiger charge is 2.50. The molecule has 0 saturated carbocycles. The smallest absolute Gasteiger partial charge is 0.334 e. The molecule has 40 heavy (non-hydrogen) atoms. The van der Waals surface area contributed by atoms with E-state index in [1.54, 1.807) is 14.8 Å². The molecule has 2 aliphatic heterocycles. The molecule has 2 aromatic rings. The van der Waals surface area contributed by atoms with Crippen molar-refractivity contribution in [1.29, 1.82) is 0 Å². The summed E-state index contributed by atoms with van der Waals surface area (Å²) >= 11 is 0. The molecule has 2 fully saturated rings. The molecular weight excluding hydrogens is 508 g/mol. The van der Waals surface area contributed by atoms with Gasteiger partial charge in [-0.1, -0.05) is 66.1 Å². The van der Waals surface area contributed by atoms with Crippen molar-refractivity contribution in [3.05, 3.63) is 71.3 Å². The van der Waals surface area contributed by atoms with Gasteiger partial charge in [0, 0.05) is 13.1 Å². The summed E-state index contributed by atoms with van der Waals surface area (Å²) in [5, 5.41) is 6.04. The minimum atomic E-state index is -0.718. The van der Waals surface area contributed by atoms with Crippen LogP contribution in [0, 0.1) is 19.3 Å². The number of nitrogens with two attached hydrogens (primary N) is 1. The molecule has 0 bridgehead atoms. The highest BCUT2D eigenvalue weighted by Crippen LogP contribution is 2.28. The van der Waals surface area contributed by atoms with E-state index in [2.05, 4.69) is 11.2 Å². The van der Waals surface area contributed by atoms with Gasteiger partial charge >= 0.3 is 6.03 Å². The highest BCUT2D eigenvalue weighted by atomic mass is 16.5. The molecule has 0 spiro atoms. The fourth-order valence-corrected chi connectivity index (χ4v) is 5.13. The third kappa shape index (κ3) is 6.99. The number of hydrogen-bond acceptors (Lipinski definition) is 6. The fraction of sp³-hybridized carbons (Fsp3) is 0.433. The number of hydrogen-bond donors (Lipinski definition) is 2. The lowest BCUT2D eigenvalue weighted by Crippen LogP contribution is -2.76. The molecule has 2 aromatic carbocycles. The molecule has 0 aromatic heterocycles. The largest absolute Gasteiger partial charge is 0.375 e. The summed E-state index contributed by atoms with van der Waals surface area (Å²) in [5.41, 5.74) is 8.93.